The Balaban J connectivity index is 0. The normalized spacial score (nSPS) is 15.1. The van der Waals surface area contributed by atoms with Crippen molar-refractivity contribution in [2.75, 3.05) is 48.5 Å². The summed E-state index contributed by atoms with van der Waals surface area (Å²) in [5.41, 5.74) is 7.37. The summed E-state index contributed by atoms with van der Waals surface area (Å²) < 4.78 is 73.4. The van der Waals surface area contributed by atoms with Crippen molar-refractivity contribution < 1.29 is 39.6 Å². The van der Waals surface area contributed by atoms with Crippen LogP contribution in [-0.4, -0.2) is 113 Å². The van der Waals surface area contributed by atoms with Gasteiger partial charge in [-0.15, -0.1) is 0 Å². The minimum Gasteiger partial charge on any atom is -0.353 e. The van der Waals surface area contributed by atoms with Crippen LogP contribution in [0.1, 0.15) is 121 Å². The summed E-state index contributed by atoms with van der Waals surface area (Å²) in [5.74, 6) is 0.342. The van der Waals surface area contributed by atoms with Crippen molar-refractivity contribution >= 4 is 47.8 Å². The highest BCUT2D eigenvalue weighted by molar-refractivity contribution is 7.89. The van der Waals surface area contributed by atoms with Crippen molar-refractivity contribution in [1.29, 1.82) is 0 Å². The molecule has 0 spiro atoms. The van der Waals surface area contributed by atoms with Gasteiger partial charge in [0.15, 0.2) is 0 Å². The molecular weight excluding hydrogens is 913 g/mol. The van der Waals surface area contributed by atoms with Gasteiger partial charge in [-0.3, -0.25) is 14.4 Å². The third kappa shape index (κ3) is 22.2. The summed E-state index contributed by atoms with van der Waals surface area (Å²) >= 11 is 0. The molecule has 3 aromatic carbocycles. The van der Waals surface area contributed by atoms with Gasteiger partial charge in [-0.2, -0.15) is 0 Å². The highest BCUT2D eigenvalue weighted by Crippen LogP contribution is 2.27. The van der Waals surface area contributed by atoms with Gasteiger partial charge in [-0.05, 0) is 136 Å². The number of hydrogen-bond acceptors (Lipinski definition) is 9. The lowest BCUT2D eigenvalue weighted by Gasteiger charge is -2.11. The molecule has 3 aliphatic rings. The van der Waals surface area contributed by atoms with Crippen LogP contribution in [0.2, 0.25) is 0 Å². The molecule has 0 heterocycles. The second-order valence-corrected chi connectivity index (χ2v) is 22.3. The predicted molar refractivity (Wildman–Crippen MR) is 275 cm³/mol. The largest absolute Gasteiger partial charge is 0.353 e. The van der Waals surface area contributed by atoms with Crippen molar-refractivity contribution in [1.82, 2.24) is 29.3 Å². The summed E-state index contributed by atoms with van der Waals surface area (Å²) in [7, 11) is -0.379. The number of nitrogens with zero attached hydrogens (tertiary/aromatic N) is 2. The molecule has 2 atom stereocenters. The molecule has 3 aromatic rings. The average molecular weight is 997 g/mol. The van der Waals surface area contributed by atoms with Crippen molar-refractivity contribution in [2.24, 2.45) is 0 Å². The molecule has 0 bridgehead atoms. The number of nitrogens with one attached hydrogen (secondary N) is 4. The van der Waals surface area contributed by atoms with E-state index in [4.69, 9.17) is 0 Å². The van der Waals surface area contributed by atoms with E-state index in [9.17, 15) is 39.6 Å². The predicted octanol–water partition coefficient (Wildman–Crippen LogP) is 6.42. The fourth-order valence-corrected chi connectivity index (χ4v) is 8.53. The highest BCUT2D eigenvalue weighted by atomic mass is 32.2. The van der Waals surface area contributed by atoms with Gasteiger partial charge in [0.05, 0.1) is 16.0 Å². The Morgan fingerprint density at radius 2 is 0.896 bits per heavy atom. The summed E-state index contributed by atoms with van der Waals surface area (Å²) in [6.45, 7) is 5.94. The van der Waals surface area contributed by atoms with Crippen molar-refractivity contribution in [3.05, 3.63) is 94.0 Å². The highest BCUT2D eigenvalue weighted by Gasteiger charge is 2.26. The molecule has 0 fully saturated rings. The van der Waals surface area contributed by atoms with Gasteiger partial charge in [-0.25, -0.2) is 39.0 Å². The number of aryl methyl sites for hydroxylation is 2. The first-order valence-electron chi connectivity index (χ1n) is 21.8. The van der Waals surface area contributed by atoms with Crippen LogP contribution in [0.15, 0.2) is 70.5 Å². The van der Waals surface area contributed by atoms with Gasteiger partial charge in [0.1, 0.15) is 0 Å². The molecule has 18 heteroatoms. The zero-order valence-corrected chi connectivity index (χ0v) is 41.9. The maximum atomic E-state index is 11.8. The van der Waals surface area contributed by atoms with Gasteiger partial charge in [0.25, 0.3) is 0 Å². The van der Waals surface area contributed by atoms with Crippen LogP contribution in [0.5, 0.6) is 0 Å². The molecule has 67 heavy (non-hydrogen) atoms. The minimum atomic E-state index is -3.41. The molecule has 3 amide bonds. The van der Waals surface area contributed by atoms with E-state index < -0.39 is 30.1 Å². The molecule has 6 rings (SSSR count). The number of sulfonamides is 3. The monoisotopic (exact) mass is 997 g/mol. The molecule has 0 aromatic heterocycles. The number of carbonyl (C=O) groups excluding carboxylic acids is 3. The lowest BCUT2D eigenvalue weighted by molar-refractivity contribution is -0.128. The van der Waals surface area contributed by atoms with Crippen LogP contribution in [0.3, 0.4) is 0 Å². The molecule has 2 unspecified atom stereocenters. The summed E-state index contributed by atoms with van der Waals surface area (Å²) in [6.07, 6.45) is 12.4. The van der Waals surface area contributed by atoms with Crippen molar-refractivity contribution in [3.8, 4) is 0 Å². The van der Waals surface area contributed by atoms with E-state index in [0.717, 1.165) is 64.9 Å². The summed E-state index contributed by atoms with van der Waals surface area (Å²) in [4.78, 5) is 36.0. The average Bonchev–Trinajstić information content (AvgIpc) is 3.99. The molecule has 3 aliphatic carbocycles. The minimum absolute atomic E-state index is 0. The molecule has 0 aliphatic heterocycles. The zero-order chi connectivity index (χ0) is 48.3. The van der Waals surface area contributed by atoms with Gasteiger partial charge in [0.2, 0.25) is 47.8 Å². The summed E-state index contributed by atoms with van der Waals surface area (Å²) in [5, 5.41) is 5.99. The Morgan fingerprint density at radius 3 is 1.18 bits per heavy atom. The molecule has 0 saturated carbocycles. The Bertz CT molecular complexity index is 2200. The van der Waals surface area contributed by atoms with Gasteiger partial charge in [0, 0.05) is 59.5 Å². The quantitative estimate of drug-likeness (QED) is 0.149. The molecule has 0 saturated heterocycles. The van der Waals surface area contributed by atoms with Gasteiger partial charge in [-0.1, -0.05) is 79.4 Å². The second kappa shape index (κ2) is 31.0. The van der Waals surface area contributed by atoms with E-state index in [0.29, 0.717) is 32.1 Å². The SMILES string of the molecule is C.C.C.CCCC(=O)N(C)C.CCCC(=O)NC1Cc2ccc(S(=O)(=O)NC)cc2C1.CCCC(=O)NC1Cc2ccc(S(=O)(=O)NC)cc2C1.CN(C)S(C)(=O)=O.c1ccc2c(c1)CCC2. The molecule has 0 radical (unpaired) electrons. The fraction of sp³-hybridized carbons (Fsp3) is 0.571. The molecular formula is C49H84N6O9S3. The third-order valence-corrected chi connectivity index (χ3v) is 14.9. The molecule has 4 N–H and O–H groups in total. The Morgan fingerprint density at radius 1 is 0.552 bits per heavy atom. The number of hydrogen-bond donors (Lipinski definition) is 4. The third-order valence-electron chi connectivity index (χ3n) is 10.7. The zero-order valence-electron chi connectivity index (χ0n) is 39.4. The van der Waals surface area contributed by atoms with E-state index in [-0.39, 0.29) is 61.9 Å². The Hall–Kier alpha value is -4.20. The van der Waals surface area contributed by atoms with Crippen LogP contribution in [0.25, 0.3) is 0 Å². The van der Waals surface area contributed by atoms with Gasteiger partial charge < -0.3 is 15.5 Å². The van der Waals surface area contributed by atoms with E-state index in [1.165, 1.54) is 47.5 Å². The maximum Gasteiger partial charge on any atom is 0.240 e. The van der Waals surface area contributed by atoms with E-state index >= 15 is 0 Å². The number of amides is 3. The first-order valence-corrected chi connectivity index (χ1v) is 26.7. The Labute approximate surface area is 405 Å². The van der Waals surface area contributed by atoms with Crippen LogP contribution < -0.4 is 20.1 Å². The number of rotatable bonds is 13. The second-order valence-electron chi connectivity index (χ2n) is 16.3. The van der Waals surface area contributed by atoms with Crippen molar-refractivity contribution in [3.63, 3.8) is 0 Å². The van der Waals surface area contributed by atoms with Crippen LogP contribution in [0, 0.1) is 0 Å². The Kier molecular flexibility index (Phi) is 30.1. The van der Waals surface area contributed by atoms with Crippen LogP contribution >= 0.6 is 0 Å². The standard InChI is InChI=1S/2C14H20N2O3S.C9H10.C6H13NO.C3H9NO2S.3CH4/c2*1-3-4-14(17)16-12-7-10-5-6-13(9-11(10)8-12)20(18,19)15-2;1-2-5-9-7-3-6-8(9)4-1;1-4-5-6(8)7(2)3;1-4(2)7(3,5)6;;;/h2*5-6,9,12,15H,3-4,7-8H2,1-2H3,(H,16,17);1-2,4-5H,3,6-7H2;4-5H2,1-3H3;1-3H3;3*1H4. The lowest BCUT2D eigenvalue weighted by Crippen LogP contribution is -2.35. The van der Waals surface area contributed by atoms with Gasteiger partial charge >= 0.3 is 0 Å². The smallest absolute Gasteiger partial charge is 0.240 e. The van der Waals surface area contributed by atoms with E-state index in [1.54, 1.807) is 54.4 Å². The number of benzene rings is 3. The maximum absolute atomic E-state index is 11.8. The van der Waals surface area contributed by atoms with E-state index in [2.05, 4.69) is 44.3 Å². The molecule has 382 valence electrons. The molecule has 15 nitrogen and oxygen atoms in total. The first-order chi connectivity index (χ1) is 30.0. The van der Waals surface area contributed by atoms with Crippen LogP contribution in [0.4, 0.5) is 0 Å². The number of carbonyl (C=O) groups is 3. The summed E-state index contributed by atoms with van der Waals surface area (Å²) in [6, 6.07) is 19.2. The topological polar surface area (TPSA) is 208 Å². The first kappa shape index (κ1) is 64.9. The van der Waals surface area contributed by atoms with E-state index in [1.807, 2.05) is 32.9 Å². The van der Waals surface area contributed by atoms with Crippen molar-refractivity contribution in [2.45, 2.75) is 148 Å². The lowest BCUT2D eigenvalue weighted by atomic mass is 10.1. The van der Waals surface area contributed by atoms with Crippen LogP contribution in [-0.2, 0) is 83.0 Å². The number of fused-ring (bicyclic) bond motifs is 3. The fourth-order valence-electron chi connectivity index (χ4n) is 6.97.